The van der Waals surface area contributed by atoms with Crippen LogP contribution in [0.15, 0.2) is 76.1 Å². The molecule has 0 fully saturated rings. The molecule has 0 aliphatic heterocycles. The van der Waals surface area contributed by atoms with Crippen molar-refractivity contribution < 1.29 is 22.7 Å². The molecule has 1 N–H and O–H groups in total. The fourth-order valence-electron chi connectivity index (χ4n) is 3.91. The van der Waals surface area contributed by atoms with Gasteiger partial charge in [-0.2, -0.15) is 0 Å². The summed E-state index contributed by atoms with van der Waals surface area (Å²) in [6, 6.07) is 17.3. The molecule has 0 aromatic heterocycles. The molecule has 0 aliphatic carbocycles. The normalized spacial score (nSPS) is 11.9. The average Bonchev–Trinajstić information content (AvgIpc) is 2.90. The molecule has 0 radical (unpaired) electrons. The number of carbonyl (C=O) groups excluding carboxylic acids is 2. The highest BCUT2D eigenvalue weighted by Crippen LogP contribution is 2.31. The van der Waals surface area contributed by atoms with Crippen molar-refractivity contribution in [3.05, 3.63) is 87.4 Å². The summed E-state index contributed by atoms with van der Waals surface area (Å²) in [4.78, 5) is 28.0. The fourth-order valence-corrected chi connectivity index (χ4v) is 6.26. The van der Waals surface area contributed by atoms with Crippen LogP contribution in [-0.4, -0.2) is 51.4 Å². The summed E-state index contributed by atoms with van der Waals surface area (Å²) in [7, 11) is -2.72. The number of sulfonamides is 1. The van der Waals surface area contributed by atoms with Gasteiger partial charge in [-0.05, 0) is 84.7 Å². The summed E-state index contributed by atoms with van der Waals surface area (Å²) in [5.74, 6) is -0.433. The van der Waals surface area contributed by atoms with Gasteiger partial charge in [-0.25, -0.2) is 8.42 Å². The lowest BCUT2D eigenvalue weighted by atomic mass is 10.1. The van der Waals surface area contributed by atoms with Crippen molar-refractivity contribution >= 4 is 55.1 Å². The van der Waals surface area contributed by atoms with E-state index in [-0.39, 0.29) is 17.3 Å². The van der Waals surface area contributed by atoms with Gasteiger partial charge in [0.15, 0.2) is 0 Å². The highest BCUT2D eigenvalue weighted by Gasteiger charge is 2.32. The third-order valence-electron chi connectivity index (χ3n) is 6.07. The van der Waals surface area contributed by atoms with Gasteiger partial charge < -0.3 is 15.0 Å². The largest absolute Gasteiger partial charge is 0.496 e. The molecule has 3 aromatic rings. The minimum Gasteiger partial charge on any atom is -0.496 e. The van der Waals surface area contributed by atoms with Crippen LogP contribution in [0.3, 0.4) is 0 Å². The number of carbonyl (C=O) groups is 2. The van der Waals surface area contributed by atoms with Crippen LogP contribution in [0.5, 0.6) is 5.75 Å². The zero-order chi connectivity index (χ0) is 28.7. The Kier molecular flexibility index (Phi) is 10.4. The quantitative estimate of drug-likeness (QED) is 0.314. The third-order valence-corrected chi connectivity index (χ3v) is 8.70. The molecule has 0 unspecified atom stereocenters. The van der Waals surface area contributed by atoms with Gasteiger partial charge in [-0.3, -0.25) is 13.9 Å². The Morgan fingerprint density at radius 2 is 1.77 bits per heavy atom. The molecule has 3 rings (SSSR count). The summed E-state index contributed by atoms with van der Waals surface area (Å²) in [5, 5.41) is 3.22. The maximum atomic E-state index is 13.9. The molecule has 1 atom stereocenters. The molecule has 208 valence electrons. The van der Waals surface area contributed by atoms with E-state index in [1.807, 2.05) is 6.92 Å². The second kappa shape index (κ2) is 13.3. The minimum absolute atomic E-state index is 0.0262. The van der Waals surface area contributed by atoms with E-state index in [2.05, 4.69) is 21.2 Å². The van der Waals surface area contributed by atoms with Gasteiger partial charge in [0.1, 0.15) is 18.3 Å². The Labute approximate surface area is 243 Å². The van der Waals surface area contributed by atoms with E-state index in [0.29, 0.717) is 33.0 Å². The first-order chi connectivity index (χ1) is 18.5. The number of nitrogens with zero attached hydrogens (tertiary/aromatic N) is 2. The summed E-state index contributed by atoms with van der Waals surface area (Å²) in [6.45, 7) is 5.20. The van der Waals surface area contributed by atoms with Crippen LogP contribution < -0.4 is 14.4 Å². The first-order valence-electron chi connectivity index (χ1n) is 12.2. The van der Waals surface area contributed by atoms with E-state index in [1.54, 1.807) is 62.4 Å². The number of benzene rings is 3. The molecular formula is C28H31BrClN3O5S. The van der Waals surface area contributed by atoms with Gasteiger partial charge in [0.05, 0.1) is 22.2 Å². The molecule has 0 heterocycles. The van der Waals surface area contributed by atoms with Crippen molar-refractivity contribution in [2.45, 2.75) is 38.3 Å². The van der Waals surface area contributed by atoms with Gasteiger partial charge in [0, 0.05) is 18.1 Å². The molecule has 3 aromatic carbocycles. The number of ether oxygens (including phenoxy) is 1. The zero-order valence-corrected chi connectivity index (χ0v) is 25.3. The second-order valence-corrected chi connectivity index (χ2v) is 12.0. The van der Waals surface area contributed by atoms with Crippen LogP contribution in [0.25, 0.3) is 0 Å². The number of aryl methyl sites for hydroxylation is 1. The fraction of sp³-hybridized carbons (Fsp3) is 0.286. The number of hydrogen-bond acceptors (Lipinski definition) is 5. The van der Waals surface area contributed by atoms with Gasteiger partial charge in [0.2, 0.25) is 11.8 Å². The van der Waals surface area contributed by atoms with Crippen LogP contribution in [-0.2, 0) is 26.2 Å². The topological polar surface area (TPSA) is 96.0 Å². The van der Waals surface area contributed by atoms with E-state index in [4.69, 9.17) is 16.3 Å². The third kappa shape index (κ3) is 7.52. The van der Waals surface area contributed by atoms with E-state index in [1.165, 1.54) is 30.2 Å². The number of amides is 2. The van der Waals surface area contributed by atoms with Crippen molar-refractivity contribution in [2.24, 2.45) is 0 Å². The van der Waals surface area contributed by atoms with Gasteiger partial charge >= 0.3 is 0 Å². The minimum atomic E-state index is -4.20. The Morgan fingerprint density at radius 3 is 2.36 bits per heavy atom. The number of nitrogens with one attached hydrogen (secondary N) is 1. The smallest absolute Gasteiger partial charge is 0.264 e. The number of methoxy groups -OCH3 is 1. The molecule has 0 saturated heterocycles. The Hall–Kier alpha value is -3.08. The Balaban J connectivity index is 2.05. The lowest BCUT2D eigenvalue weighted by molar-refractivity contribution is -0.139. The number of hydrogen-bond donors (Lipinski definition) is 1. The Morgan fingerprint density at radius 1 is 1.08 bits per heavy atom. The van der Waals surface area contributed by atoms with Crippen molar-refractivity contribution in [1.29, 1.82) is 0 Å². The predicted molar refractivity (Wildman–Crippen MR) is 157 cm³/mol. The number of likely N-dealkylation sites (N-methyl/N-ethyl adjacent to an activating group) is 1. The summed E-state index contributed by atoms with van der Waals surface area (Å²) in [6.07, 6.45) is 0. The lowest BCUT2D eigenvalue weighted by Crippen LogP contribution is -2.51. The van der Waals surface area contributed by atoms with Crippen molar-refractivity contribution in [1.82, 2.24) is 10.2 Å². The van der Waals surface area contributed by atoms with Crippen molar-refractivity contribution in [3.63, 3.8) is 0 Å². The second-order valence-electron chi connectivity index (χ2n) is 8.87. The predicted octanol–water partition coefficient (Wildman–Crippen LogP) is 5.17. The average molecular weight is 637 g/mol. The standard InChI is InChI=1S/C28H31BrClN3O5S/c1-5-31-28(35)20(3)32(17-21-7-6-8-22(30)15-21)27(34)18-33(23-11-9-19(2)10-12-23)39(36,37)24-13-14-26(38-4)25(29)16-24/h6-16,20H,5,17-18H2,1-4H3,(H,31,35)/t20-/m0/s1. The summed E-state index contributed by atoms with van der Waals surface area (Å²) in [5.41, 5.74) is 1.95. The SMILES string of the molecule is CCNC(=O)[C@H](C)N(Cc1cccc(Cl)c1)C(=O)CN(c1ccc(C)cc1)S(=O)(=O)c1ccc(OC)c(Br)c1. The van der Waals surface area contributed by atoms with Gasteiger partial charge in [-0.15, -0.1) is 0 Å². The molecule has 8 nitrogen and oxygen atoms in total. The molecule has 39 heavy (non-hydrogen) atoms. The first kappa shape index (κ1) is 30.5. The Bertz CT molecular complexity index is 1430. The van der Waals surface area contributed by atoms with Crippen LogP contribution in [0.4, 0.5) is 5.69 Å². The van der Waals surface area contributed by atoms with Crippen LogP contribution >= 0.6 is 27.5 Å². The molecular weight excluding hydrogens is 606 g/mol. The number of halogens is 2. The highest BCUT2D eigenvalue weighted by molar-refractivity contribution is 9.10. The molecule has 11 heteroatoms. The highest BCUT2D eigenvalue weighted by atomic mass is 79.9. The summed E-state index contributed by atoms with van der Waals surface area (Å²) >= 11 is 9.50. The van der Waals surface area contributed by atoms with Gasteiger partial charge in [-0.1, -0.05) is 41.4 Å². The van der Waals surface area contributed by atoms with Crippen LogP contribution in [0, 0.1) is 6.92 Å². The van der Waals surface area contributed by atoms with Crippen molar-refractivity contribution in [2.75, 3.05) is 24.5 Å². The summed E-state index contributed by atoms with van der Waals surface area (Å²) < 4.78 is 34.6. The maximum Gasteiger partial charge on any atom is 0.264 e. The molecule has 0 bridgehead atoms. The van der Waals surface area contributed by atoms with E-state index in [0.717, 1.165) is 9.87 Å². The molecule has 0 spiro atoms. The van der Waals surface area contributed by atoms with E-state index >= 15 is 0 Å². The molecule has 0 aliphatic rings. The first-order valence-corrected chi connectivity index (χ1v) is 14.8. The maximum absolute atomic E-state index is 13.9. The van der Waals surface area contributed by atoms with Crippen molar-refractivity contribution in [3.8, 4) is 5.75 Å². The van der Waals surface area contributed by atoms with Crippen LogP contribution in [0.1, 0.15) is 25.0 Å². The number of rotatable bonds is 11. The molecule has 2 amide bonds. The molecule has 0 saturated carbocycles. The lowest BCUT2D eigenvalue weighted by Gasteiger charge is -2.32. The zero-order valence-electron chi connectivity index (χ0n) is 22.1. The van der Waals surface area contributed by atoms with E-state index in [9.17, 15) is 18.0 Å². The van der Waals surface area contributed by atoms with Crippen LogP contribution in [0.2, 0.25) is 5.02 Å². The monoisotopic (exact) mass is 635 g/mol. The van der Waals surface area contributed by atoms with Gasteiger partial charge in [0.25, 0.3) is 10.0 Å². The number of anilines is 1. The van der Waals surface area contributed by atoms with E-state index < -0.39 is 28.5 Å².